The quantitative estimate of drug-likeness (QED) is 0.757. The van der Waals surface area contributed by atoms with Gasteiger partial charge in [0, 0.05) is 42.5 Å². The number of halogens is 1. The molecule has 4 heteroatoms. The minimum absolute atomic E-state index is 0.291. The molecule has 1 atom stereocenters. The second-order valence-electron chi connectivity index (χ2n) is 5.88. The number of nitrogens with one attached hydrogen (secondary N) is 1. The van der Waals surface area contributed by atoms with Gasteiger partial charge in [-0.15, -0.1) is 0 Å². The van der Waals surface area contributed by atoms with Gasteiger partial charge >= 0.3 is 0 Å². The molecule has 0 aromatic heterocycles. The van der Waals surface area contributed by atoms with Crippen molar-refractivity contribution in [1.29, 1.82) is 0 Å². The fourth-order valence-corrected chi connectivity index (χ4v) is 3.35. The first-order valence-electron chi connectivity index (χ1n) is 8.10. The molecule has 1 aliphatic heterocycles. The van der Waals surface area contributed by atoms with Crippen molar-refractivity contribution in [3.8, 4) is 0 Å². The van der Waals surface area contributed by atoms with Crippen LogP contribution in [0.4, 0.5) is 5.69 Å². The topological polar surface area (TPSA) is 35.5 Å². The lowest BCUT2D eigenvalue weighted by Gasteiger charge is -2.35. The highest BCUT2D eigenvalue weighted by molar-refractivity contribution is 6.31. The fourth-order valence-electron chi connectivity index (χ4n) is 3.11. The molecule has 1 aromatic rings. The maximum Gasteiger partial charge on any atom is 0.0471 e. The minimum atomic E-state index is 0.291. The summed E-state index contributed by atoms with van der Waals surface area (Å²) in [6, 6.07) is 6.19. The van der Waals surface area contributed by atoms with E-state index in [2.05, 4.69) is 23.2 Å². The molecule has 0 bridgehead atoms. The number of aliphatic hydroxyl groups excluding tert-OH is 1. The van der Waals surface area contributed by atoms with Crippen LogP contribution in [0.5, 0.6) is 0 Å². The highest BCUT2D eigenvalue weighted by atomic mass is 35.5. The molecule has 0 aliphatic carbocycles. The number of nitrogens with zero attached hydrogens (tertiary/aromatic N) is 1. The summed E-state index contributed by atoms with van der Waals surface area (Å²) in [6.07, 6.45) is 4.45. The first-order valence-corrected chi connectivity index (χ1v) is 8.48. The first kappa shape index (κ1) is 16.6. The summed E-state index contributed by atoms with van der Waals surface area (Å²) in [5, 5.41) is 13.5. The third-order valence-corrected chi connectivity index (χ3v) is 4.57. The summed E-state index contributed by atoms with van der Waals surface area (Å²) in [5.41, 5.74) is 2.46. The predicted molar refractivity (Wildman–Crippen MR) is 90.1 cm³/mol. The van der Waals surface area contributed by atoms with Crippen LogP contribution in [-0.2, 0) is 6.54 Å². The number of hydrogen-bond donors (Lipinski definition) is 2. The van der Waals surface area contributed by atoms with Crippen LogP contribution in [0.15, 0.2) is 18.2 Å². The number of benzene rings is 1. The molecule has 0 amide bonds. The van der Waals surface area contributed by atoms with Crippen molar-refractivity contribution in [2.24, 2.45) is 5.92 Å². The molecular formula is C17H27ClN2O. The summed E-state index contributed by atoms with van der Waals surface area (Å²) >= 11 is 6.42. The van der Waals surface area contributed by atoms with Gasteiger partial charge in [0.1, 0.15) is 0 Å². The number of hydrogen-bond acceptors (Lipinski definition) is 3. The molecule has 2 N–H and O–H groups in total. The molecule has 21 heavy (non-hydrogen) atoms. The summed E-state index contributed by atoms with van der Waals surface area (Å²) in [5.74, 6) is 0.596. The molecular weight excluding hydrogens is 284 g/mol. The van der Waals surface area contributed by atoms with Crippen molar-refractivity contribution in [2.75, 3.05) is 31.1 Å². The van der Waals surface area contributed by atoms with Crippen LogP contribution in [0.3, 0.4) is 0 Å². The zero-order valence-corrected chi connectivity index (χ0v) is 13.7. The Morgan fingerprint density at radius 3 is 3.05 bits per heavy atom. The van der Waals surface area contributed by atoms with E-state index in [0.717, 1.165) is 44.0 Å². The average Bonchev–Trinajstić information content (AvgIpc) is 2.50. The van der Waals surface area contributed by atoms with Crippen molar-refractivity contribution in [2.45, 2.75) is 39.2 Å². The Kier molecular flexibility index (Phi) is 6.81. The van der Waals surface area contributed by atoms with Gasteiger partial charge in [-0.3, -0.25) is 0 Å². The minimum Gasteiger partial charge on any atom is -0.396 e. The maximum absolute atomic E-state index is 9.17. The van der Waals surface area contributed by atoms with Crippen LogP contribution in [0.25, 0.3) is 0 Å². The highest BCUT2D eigenvalue weighted by Crippen LogP contribution is 2.31. The lowest BCUT2D eigenvalue weighted by Crippen LogP contribution is -2.36. The van der Waals surface area contributed by atoms with Crippen LogP contribution < -0.4 is 10.2 Å². The van der Waals surface area contributed by atoms with Crippen LogP contribution >= 0.6 is 11.6 Å². The van der Waals surface area contributed by atoms with Gasteiger partial charge in [0.2, 0.25) is 0 Å². The molecule has 0 spiro atoms. The molecule has 1 unspecified atom stereocenters. The second kappa shape index (κ2) is 8.62. The van der Waals surface area contributed by atoms with Crippen molar-refractivity contribution in [1.82, 2.24) is 5.32 Å². The number of aliphatic hydroxyl groups is 1. The molecule has 1 fully saturated rings. The van der Waals surface area contributed by atoms with Gasteiger partial charge < -0.3 is 15.3 Å². The van der Waals surface area contributed by atoms with Crippen LogP contribution in [0.2, 0.25) is 5.02 Å². The van der Waals surface area contributed by atoms with Gasteiger partial charge in [0.15, 0.2) is 0 Å². The highest BCUT2D eigenvalue weighted by Gasteiger charge is 2.22. The first-order chi connectivity index (χ1) is 10.3. The predicted octanol–water partition coefficient (Wildman–Crippen LogP) is 3.44. The summed E-state index contributed by atoms with van der Waals surface area (Å²) in [4.78, 5) is 2.44. The maximum atomic E-state index is 9.17. The number of anilines is 1. The van der Waals surface area contributed by atoms with Gasteiger partial charge in [0.05, 0.1) is 0 Å². The standard InChI is InChI=1S/C17H27ClN2O/c1-2-9-19-12-15-16(18)6-3-7-17(15)20-10-4-5-14(13-20)8-11-21/h3,6-7,14,19,21H,2,4-5,8-13H2,1H3. The van der Waals surface area contributed by atoms with E-state index in [9.17, 15) is 0 Å². The van der Waals surface area contributed by atoms with Crippen molar-refractivity contribution in [3.05, 3.63) is 28.8 Å². The molecule has 1 aliphatic rings. The van der Waals surface area contributed by atoms with Gasteiger partial charge in [-0.05, 0) is 50.3 Å². The lowest BCUT2D eigenvalue weighted by atomic mass is 9.94. The van der Waals surface area contributed by atoms with Crippen LogP contribution in [-0.4, -0.2) is 31.3 Å². The van der Waals surface area contributed by atoms with E-state index in [1.807, 2.05) is 12.1 Å². The summed E-state index contributed by atoms with van der Waals surface area (Å²) < 4.78 is 0. The second-order valence-corrected chi connectivity index (χ2v) is 6.29. The zero-order valence-electron chi connectivity index (χ0n) is 12.9. The van der Waals surface area contributed by atoms with Gasteiger partial charge in [-0.25, -0.2) is 0 Å². The van der Waals surface area contributed by atoms with Gasteiger partial charge in [-0.1, -0.05) is 24.6 Å². The lowest BCUT2D eigenvalue weighted by molar-refractivity contribution is 0.244. The van der Waals surface area contributed by atoms with Crippen molar-refractivity contribution < 1.29 is 5.11 Å². The van der Waals surface area contributed by atoms with Gasteiger partial charge in [-0.2, -0.15) is 0 Å². The molecule has 3 nitrogen and oxygen atoms in total. The molecule has 118 valence electrons. The Balaban J connectivity index is 2.12. The van der Waals surface area contributed by atoms with E-state index in [4.69, 9.17) is 16.7 Å². The van der Waals surface area contributed by atoms with Crippen molar-refractivity contribution in [3.63, 3.8) is 0 Å². The molecule has 1 heterocycles. The Morgan fingerprint density at radius 1 is 1.43 bits per heavy atom. The molecule has 1 saturated heterocycles. The number of piperidine rings is 1. The van der Waals surface area contributed by atoms with E-state index in [1.54, 1.807) is 0 Å². The normalized spacial score (nSPS) is 19.0. The van der Waals surface area contributed by atoms with Crippen LogP contribution in [0, 0.1) is 5.92 Å². The van der Waals surface area contributed by atoms with E-state index in [1.165, 1.54) is 24.1 Å². The van der Waals surface area contributed by atoms with Crippen molar-refractivity contribution >= 4 is 17.3 Å². The van der Waals surface area contributed by atoms with E-state index in [0.29, 0.717) is 12.5 Å². The Hall–Kier alpha value is -0.770. The summed E-state index contributed by atoms with van der Waals surface area (Å²) in [7, 11) is 0. The third kappa shape index (κ3) is 4.60. The van der Waals surface area contributed by atoms with E-state index < -0.39 is 0 Å². The SMILES string of the molecule is CCCNCc1c(Cl)cccc1N1CCCC(CCO)C1. The smallest absolute Gasteiger partial charge is 0.0471 e. The fraction of sp³-hybridized carbons (Fsp3) is 0.647. The molecule has 1 aromatic carbocycles. The molecule has 0 saturated carbocycles. The van der Waals surface area contributed by atoms with Gasteiger partial charge in [0.25, 0.3) is 0 Å². The van der Waals surface area contributed by atoms with E-state index in [-0.39, 0.29) is 0 Å². The molecule has 2 rings (SSSR count). The van der Waals surface area contributed by atoms with Crippen LogP contribution in [0.1, 0.15) is 38.2 Å². The Bertz CT molecular complexity index is 437. The largest absolute Gasteiger partial charge is 0.396 e. The Morgan fingerprint density at radius 2 is 2.29 bits per heavy atom. The Labute approximate surface area is 133 Å². The zero-order chi connectivity index (χ0) is 15.1. The van der Waals surface area contributed by atoms with E-state index >= 15 is 0 Å². The molecule has 0 radical (unpaired) electrons. The summed E-state index contributed by atoms with van der Waals surface area (Å²) in [6.45, 7) is 6.41. The average molecular weight is 311 g/mol. The third-order valence-electron chi connectivity index (χ3n) is 4.22. The number of rotatable bonds is 7. The monoisotopic (exact) mass is 310 g/mol.